The van der Waals surface area contributed by atoms with Gasteiger partial charge in [0.25, 0.3) is 0 Å². The summed E-state index contributed by atoms with van der Waals surface area (Å²) >= 11 is 0. The quantitative estimate of drug-likeness (QED) is 0.471. The molecule has 0 amide bonds. The predicted octanol–water partition coefficient (Wildman–Crippen LogP) is 1.38. The van der Waals surface area contributed by atoms with Gasteiger partial charge in [0.2, 0.25) is 0 Å². The average molecular weight is 249 g/mol. The van der Waals surface area contributed by atoms with Gasteiger partial charge in [0, 0.05) is 38.6 Å². The van der Waals surface area contributed by atoms with Gasteiger partial charge in [-0.25, -0.2) is 0 Å². The van der Waals surface area contributed by atoms with Crippen molar-refractivity contribution in [2.45, 2.75) is 44.7 Å². The first-order chi connectivity index (χ1) is 8.88. The molecule has 0 atom stereocenters. The summed E-state index contributed by atoms with van der Waals surface area (Å²) in [7, 11) is 1.83. The minimum absolute atomic E-state index is 0.613. The lowest BCUT2D eigenvalue weighted by Gasteiger charge is -2.16. The fraction of sp³-hybridized carbons (Fsp3) is 0.692. The van der Waals surface area contributed by atoms with Crippen LogP contribution in [0.5, 0.6) is 0 Å². The molecule has 0 spiro atoms. The van der Waals surface area contributed by atoms with E-state index in [4.69, 9.17) is 0 Å². The third-order valence-corrected chi connectivity index (χ3v) is 3.34. The second-order valence-corrected chi connectivity index (χ2v) is 4.75. The van der Waals surface area contributed by atoms with Crippen molar-refractivity contribution >= 4 is 5.96 Å². The Labute approximate surface area is 109 Å². The van der Waals surface area contributed by atoms with Gasteiger partial charge in [-0.3, -0.25) is 9.67 Å². The Bertz CT molecular complexity index is 351. The van der Waals surface area contributed by atoms with Crippen LogP contribution in [0.25, 0.3) is 0 Å². The molecule has 0 saturated heterocycles. The molecule has 0 bridgehead atoms. The van der Waals surface area contributed by atoms with Crippen molar-refractivity contribution in [3.8, 4) is 0 Å². The summed E-state index contributed by atoms with van der Waals surface area (Å²) in [4.78, 5) is 4.26. The highest BCUT2D eigenvalue weighted by atomic mass is 15.3. The molecule has 1 aliphatic carbocycles. The van der Waals surface area contributed by atoms with Crippen molar-refractivity contribution in [1.82, 2.24) is 20.4 Å². The van der Waals surface area contributed by atoms with E-state index in [0.717, 1.165) is 25.5 Å². The lowest BCUT2D eigenvalue weighted by atomic mass is 10.2. The number of nitrogens with one attached hydrogen (secondary N) is 2. The highest BCUT2D eigenvalue weighted by Crippen LogP contribution is 2.17. The van der Waals surface area contributed by atoms with Crippen molar-refractivity contribution in [2.75, 3.05) is 13.6 Å². The van der Waals surface area contributed by atoms with Gasteiger partial charge >= 0.3 is 0 Å². The minimum atomic E-state index is 0.613. The molecule has 18 heavy (non-hydrogen) atoms. The fourth-order valence-electron chi connectivity index (χ4n) is 2.34. The number of nitrogens with zero attached hydrogens (tertiary/aromatic N) is 3. The molecule has 5 nitrogen and oxygen atoms in total. The van der Waals surface area contributed by atoms with Gasteiger partial charge in [-0.05, 0) is 25.3 Å². The number of aryl methyl sites for hydroxylation is 1. The van der Waals surface area contributed by atoms with Crippen molar-refractivity contribution in [3.63, 3.8) is 0 Å². The molecular formula is C13H23N5. The summed E-state index contributed by atoms with van der Waals surface area (Å²) in [5, 5.41) is 11.0. The number of rotatable bonds is 5. The van der Waals surface area contributed by atoms with Crippen molar-refractivity contribution in [1.29, 1.82) is 0 Å². The molecule has 0 unspecified atom stereocenters. The van der Waals surface area contributed by atoms with E-state index in [1.807, 2.05) is 30.2 Å². The molecule has 1 aromatic rings. The lowest BCUT2D eigenvalue weighted by molar-refractivity contribution is 0.562. The first kappa shape index (κ1) is 12.9. The van der Waals surface area contributed by atoms with E-state index in [2.05, 4.69) is 20.7 Å². The van der Waals surface area contributed by atoms with E-state index in [9.17, 15) is 0 Å². The van der Waals surface area contributed by atoms with E-state index >= 15 is 0 Å². The molecule has 1 aromatic heterocycles. The Morgan fingerprint density at radius 1 is 1.44 bits per heavy atom. The molecule has 0 aromatic carbocycles. The van der Waals surface area contributed by atoms with Crippen LogP contribution in [0.4, 0.5) is 0 Å². The SMILES string of the molecule is CN=C(NCCCn1cccn1)NC1CCCC1. The number of guanidine groups is 1. The molecule has 2 N–H and O–H groups in total. The number of hydrogen-bond donors (Lipinski definition) is 2. The fourth-order valence-corrected chi connectivity index (χ4v) is 2.34. The number of aromatic nitrogens is 2. The van der Waals surface area contributed by atoms with E-state index in [0.29, 0.717) is 6.04 Å². The standard InChI is InChI=1S/C13H23N5/c1-14-13(17-12-6-2-3-7-12)15-8-4-10-18-11-5-9-16-18/h5,9,11-12H,2-4,6-8,10H2,1H3,(H2,14,15,17). The largest absolute Gasteiger partial charge is 0.356 e. The van der Waals surface area contributed by atoms with Crippen LogP contribution in [0.2, 0.25) is 0 Å². The van der Waals surface area contributed by atoms with E-state index in [-0.39, 0.29) is 0 Å². The Morgan fingerprint density at radius 2 is 2.28 bits per heavy atom. The monoisotopic (exact) mass is 249 g/mol. The topological polar surface area (TPSA) is 54.2 Å². The van der Waals surface area contributed by atoms with Gasteiger partial charge in [0.1, 0.15) is 0 Å². The lowest BCUT2D eigenvalue weighted by Crippen LogP contribution is -2.42. The maximum absolute atomic E-state index is 4.26. The molecular weight excluding hydrogens is 226 g/mol. The highest BCUT2D eigenvalue weighted by Gasteiger charge is 2.15. The van der Waals surface area contributed by atoms with Gasteiger partial charge < -0.3 is 10.6 Å². The van der Waals surface area contributed by atoms with Crippen LogP contribution in [-0.4, -0.2) is 35.4 Å². The number of aliphatic imine (C=N–C) groups is 1. The van der Waals surface area contributed by atoms with Crippen molar-refractivity contribution in [3.05, 3.63) is 18.5 Å². The summed E-state index contributed by atoms with van der Waals surface area (Å²) in [6.07, 6.45) is 10.1. The van der Waals surface area contributed by atoms with Crippen molar-refractivity contribution < 1.29 is 0 Å². The maximum atomic E-state index is 4.26. The van der Waals surface area contributed by atoms with Gasteiger partial charge in [0.05, 0.1) is 0 Å². The van der Waals surface area contributed by atoms with Crippen LogP contribution in [-0.2, 0) is 6.54 Å². The van der Waals surface area contributed by atoms with Crippen LogP contribution in [0.3, 0.4) is 0 Å². The normalized spacial score (nSPS) is 17.1. The molecule has 100 valence electrons. The Morgan fingerprint density at radius 3 is 2.94 bits per heavy atom. The first-order valence-corrected chi connectivity index (χ1v) is 6.83. The summed E-state index contributed by atoms with van der Waals surface area (Å²) in [5.41, 5.74) is 0. The molecule has 1 aliphatic rings. The molecule has 1 heterocycles. The average Bonchev–Trinajstić information content (AvgIpc) is 3.06. The molecule has 0 radical (unpaired) electrons. The van der Waals surface area contributed by atoms with Gasteiger partial charge in [-0.1, -0.05) is 12.8 Å². The third-order valence-electron chi connectivity index (χ3n) is 3.34. The molecule has 1 fully saturated rings. The van der Waals surface area contributed by atoms with Gasteiger partial charge in [-0.2, -0.15) is 5.10 Å². The van der Waals surface area contributed by atoms with Gasteiger partial charge in [0.15, 0.2) is 5.96 Å². The van der Waals surface area contributed by atoms with E-state index in [1.165, 1.54) is 25.7 Å². The summed E-state index contributed by atoms with van der Waals surface area (Å²) < 4.78 is 1.95. The van der Waals surface area contributed by atoms with Crippen LogP contribution < -0.4 is 10.6 Å². The minimum Gasteiger partial charge on any atom is -0.356 e. The zero-order valence-electron chi connectivity index (χ0n) is 11.1. The smallest absolute Gasteiger partial charge is 0.191 e. The zero-order chi connectivity index (χ0) is 12.6. The highest BCUT2D eigenvalue weighted by molar-refractivity contribution is 5.79. The molecule has 1 saturated carbocycles. The molecule has 5 heteroatoms. The van der Waals surface area contributed by atoms with E-state index in [1.54, 1.807) is 0 Å². The first-order valence-electron chi connectivity index (χ1n) is 6.83. The third kappa shape index (κ3) is 4.05. The predicted molar refractivity (Wildman–Crippen MR) is 73.6 cm³/mol. The Hall–Kier alpha value is -1.52. The van der Waals surface area contributed by atoms with Crippen LogP contribution >= 0.6 is 0 Å². The molecule has 2 rings (SSSR count). The second kappa shape index (κ2) is 7.03. The Balaban J connectivity index is 1.61. The van der Waals surface area contributed by atoms with Crippen LogP contribution in [0.1, 0.15) is 32.1 Å². The second-order valence-electron chi connectivity index (χ2n) is 4.75. The maximum Gasteiger partial charge on any atom is 0.191 e. The summed E-state index contributed by atoms with van der Waals surface area (Å²) in [6, 6.07) is 2.57. The van der Waals surface area contributed by atoms with E-state index < -0.39 is 0 Å². The Kier molecular flexibility index (Phi) is 5.05. The van der Waals surface area contributed by atoms with Crippen LogP contribution in [0, 0.1) is 0 Å². The zero-order valence-corrected chi connectivity index (χ0v) is 11.1. The van der Waals surface area contributed by atoms with Crippen molar-refractivity contribution in [2.24, 2.45) is 4.99 Å². The summed E-state index contributed by atoms with van der Waals surface area (Å²) in [6.45, 7) is 1.87. The summed E-state index contributed by atoms with van der Waals surface area (Å²) in [5.74, 6) is 0.933. The van der Waals surface area contributed by atoms with Crippen LogP contribution in [0.15, 0.2) is 23.5 Å². The van der Waals surface area contributed by atoms with Gasteiger partial charge in [-0.15, -0.1) is 0 Å². The number of hydrogen-bond acceptors (Lipinski definition) is 2. The molecule has 0 aliphatic heterocycles.